The predicted molar refractivity (Wildman–Crippen MR) is 108 cm³/mol. The Morgan fingerprint density at radius 3 is 2.83 bits per heavy atom. The van der Waals surface area contributed by atoms with E-state index in [2.05, 4.69) is 20.4 Å². The standard InChI is InChI=1S/C20H26N6O3/c1-2-29-26-10-9-25(20(26)28)14-3-4-15-16(11-14)22-23-18(15)19(27)21-17-12-24-7-5-13(17)6-8-24/h3-4,11,13,17H,2,5-10,12H2,1H3,(H,21,27)(H,22,23)/t17-/m0/s1. The fourth-order valence-electron chi connectivity index (χ4n) is 4.75. The summed E-state index contributed by atoms with van der Waals surface area (Å²) in [4.78, 5) is 34.8. The molecule has 1 aromatic carbocycles. The highest BCUT2D eigenvalue weighted by Crippen LogP contribution is 2.29. The number of amides is 3. The van der Waals surface area contributed by atoms with Gasteiger partial charge < -0.3 is 10.2 Å². The molecular weight excluding hydrogens is 372 g/mol. The van der Waals surface area contributed by atoms with Crippen LogP contribution in [0.5, 0.6) is 0 Å². The minimum atomic E-state index is -0.175. The van der Waals surface area contributed by atoms with Crippen LogP contribution >= 0.6 is 0 Å². The minimum Gasteiger partial charge on any atom is -0.346 e. The normalized spacial score (nSPS) is 26.5. The molecule has 29 heavy (non-hydrogen) atoms. The first-order valence-electron chi connectivity index (χ1n) is 10.4. The van der Waals surface area contributed by atoms with Crippen molar-refractivity contribution in [1.82, 2.24) is 25.5 Å². The Kier molecular flexibility index (Phi) is 4.63. The molecule has 4 fully saturated rings. The van der Waals surface area contributed by atoms with Crippen molar-refractivity contribution in [3.05, 3.63) is 23.9 Å². The van der Waals surface area contributed by atoms with Crippen molar-refractivity contribution in [3.8, 4) is 0 Å². The molecule has 0 spiro atoms. The maximum absolute atomic E-state index is 12.9. The van der Waals surface area contributed by atoms with Crippen molar-refractivity contribution < 1.29 is 14.4 Å². The van der Waals surface area contributed by atoms with Crippen LogP contribution in [0.25, 0.3) is 10.9 Å². The van der Waals surface area contributed by atoms with Crippen molar-refractivity contribution in [2.75, 3.05) is 44.2 Å². The Labute approximate surface area is 168 Å². The van der Waals surface area contributed by atoms with E-state index < -0.39 is 0 Å². The molecular formula is C20H26N6O3. The highest BCUT2D eigenvalue weighted by atomic mass is 16.7. The first-order chi connectivity index (χ1) is 14.1. The summed E-state index contributed by atoms with van der Waals surface area (Å²) in [5, 5.41) is 12.6. The number of aromatic nitrogens is 2. The molecule has 2 aromatic rings. The Morgan fingerprint density at radius 2 is 2.10 bits per heavy atom. The maximum Gasteiger partial charge on any atom is 0.348 e. The predicted octanol–water partition coefficient (Wildman–Crippen LogP) is 1.58. The number of carbonyl (C=O) groups is 2. The van der Waals surface area contributed by atoms with E-state index in [4.69, 9.17) is 4.84 Å². The van der Waals surface area contributed by atoms with Crippen LogP contribution < -0.4 is 10.2 Å². The molecule has 0 saturated carbocycles. The summed E-state index contributed by atoms with van der Waals surface area (Å²) in [5.74, 6) is 0.428. The lowest BCUT2D eigenvalue weighted by molar-refractivity contribution is -0.0972. The lowest BCUT2D eigenvalue weighted by atomic mass is 9.84. The van der Waals surface area contributed by atoms with Crippen LogP contribution in [0.1, 0.15) is 30.3 Å². The van der Waals surface area contributed by atoms with Crippen molar-refractivity contribution in [2.24, 2.45) is 5.92 Å². The summed E-state index contributed by atoms with van der Waals surface area (Å²) in [5.41, 5.74) is 1.91. The molecule has 0 aliphatic carbocycles. The molecule has 0 radical (unpaired) electrons. The highest BCUT2D eigenvalue weighted by molar-refractivity contribution is 6.06. The van der Waals surface area contributed by atoms with Gasteiger partial charge in [0.1, 0.15) is 0 Å². The van der Waals surface area contributed by atoms with Gasteiger partial charge in [-0.3, -0.25) is 19.6 Å². The zero-order chi connectivity index (χ0) is 20.0. The fourth-order valence-corrected chi connectivity index (χ4v) is 4.75. The molecule has 2 N–H and O–H groups in total. The molecule has 4 aliphatic heterocycles. The molecule has 1 atom stereocenters. The third-order valence-corrected chi connectivity index (χ3v) is 6.30. The van der Waals surface area contributed by atoms with Gasteiger partial charge in [0.25, 0.3) is 5.91 Å². The van der Waals surface area contributed by atoms with Gasteiger partial charge in [0, 0.05) is 30.2 Å². The molecule has 5 heterocycles. The van der Waals surface area contributed by atoms with Gasteiger partial charge in [0.2, 0.25) is 0 Å². The van der Waals surface area contributed by atoms with Gasteiger partial charge in [-0.15, -0.1) is 0 Å². The number of urea groups is 1. The summed E-state index contributed by atoms with van der Waals surface area (Å²) in [6.45, 7) is 6.61. The SMILES string of the molecule is CCON1CCN(c2ccc3c(C(=O)N[C@H]4CN5CCC4CC5)n[nH]c3c2)C1=O. The number of H-pyrrole nitrogens is 1. The summed E-state index contributed by atoms with van der Waals surface area (Å²) < 4.78 is 0. The average molecular weight is 398 g/mol. The molecule has 9 nitrogen and oxygen atoms in total. The van der Waals surface area contributed by atoms with Gasteiger partial charge >= 0.3 is 6.03 Å². The van der Waals surface area contributed by atoms with E-state index in [0.717, 1.165) is 49.1 Å². The first kappa shape index (κ1) is 18.4. The zero-order valence-electron chi connectivity index (χ0n) is 16.6. The van der Waals surface area contributed by atoms with E-state index >= 15 is 0 Å². The van der Waals surface area contributed by atoms with Gasteiger partial charge in [0.05, 0.1) is 18.7 Å². The van der Waals surface area contributed by atoms with Crippen LogP contribution in [-0.2, 0) is 4.84 Å². The van der Waals surface area contributed by atoms with Crippen LogP contribution in [0.2, 0.25) is 0 Å². The molecule has 1 aromatic heterocycles. The number of benzene rings is 1. The Bertz CT molecular complexity index is 935. The van der Waals surface area contributed by atoms with E-state index in [0.29, 0.717) is 31.3 Å². The van der Waals surface area contributed by atoms with Crippen LogP contribution in [0.15, 0.2) is 18.2 Å². The third-order valence-electron chi connectivity index (χ3n) is 6.30. The summed E-state index contributed by atoms with van der Waals surface area (Å²) in [6, 6.07) is 5.60. The molecule has 154 valence electrons. The second kappa shape index (κ2) is 7.31. The van der Waals surface area contributed by atoms with Gasteiger partial charge in [-0.1, -0.05) is 0 Å². The number of hydrogen-bond acceptors (Lipinski definition) is 5. The third kappa shape index (κ3) is 3.24. The van der Waals surface area contributed by atoms with Crippen LogP contribution in [0.4, 0.5) is 10.5 Å². The second-order valence-corrected chi connectivity index (χ2v) is 7.97. The largest absolute Gasteiger partial charge is 0.348 e. The lowest BCUT2D eigenvalue weighted by Gasteiger charge is -2.44. The monoisotopic (exact) mass is 398 g/mol. The van der Waals surface area contributed by atoms with Gasteiger partial charge in [0.15, 0.2) is 5.69 Å². The Hall–Kier alpha value is -2.65. The number of hydrogen-bond donors (Lipinski definition) is 2. The number of anilines is 1. The number of fused-ring (bicyclic) bond motifs is 4. The zero-order valence-corrected chi connectivity index (χ0v) is 16.6. The molecule has 4 saturated heterocycles. The van der Waals surface area contributed by atoms with Crippen molar-refractivity contribution in [1.29, 1.82) is 0 Å². The van der Waals surface area contributed by atoms with Gasteiger partial charge in [-0.05, 0) is 57.0 Å². The quantitative estimate of drug-likeness (QED) is 0.798. The highest BCUT2D eigenvalue weighted by Gasteiger charge is 2.35. The first-order valence-corrected chi connectivity index (χ1v) is 10.4. The van der Waals surface area contributed by atoms with E-state index in [1.54, 1.807) is 4.90 Å². The maximum atomic E-state index is 12.9. The lowest BCUT2D eigenvalue weighted by Crippen LogP contribution is -2.57. The van der Waals surface area contributed by atoms with Gasteiger partial charge in [-0.2, -0.15) is 5.10 Å². The fraction of sp³-hybridized carbons (Fsp3) is 0.550. The number of nitrogens with one attached hydrogen (secondary N) is 2. The van der Waals surface area contributed by atoms with Crippen molar-refractivity contribution in [2.45, 2.75) is 25.8 Å². The molecule has 4 aliphatic rings. The van der Waals surface area contributed by atoms with Crippen molar-refractivity contribution >= 4 is 28.5 Å². The average Bonchev–Trinajstić information content (AvgIpc) is 3.32. The van der Waals surface area contributed by atoms with Crippen LogP contribution in [0.3, 0.4) is 0 Å². The molecule has 2 bridgehead atoms. The molecule has 9 heteroatoms. The Balaban J connectivity index is 1.33. The minimum absolute atomic E-state index is 0.137. The smallest absolute Gasteiger partial charge is 0.346 e. The van der Waals surface area contributed by atoms with Gasteiger partial charge in [-0.25, -0.2) is 9.86 Å². The summed E-state index contributed by atoms with van der Waals surface area (Å²) in [7, 11) is 0. The topological polar surface area (TPSA) is 93.8 Å². The molecule has 3 amide bonds. The number of aromatic amines is 1. The number of rotatable bonds is 5. The van der Waals surface area contributed by atoms with E-state index in [1.165, 1.54) is 5.06 Å². The number of carbonyl (C=O) groups excluding carboxylic acids is 2. The van der Waals surface area contributed by atoms with Crippen LogP contribution in [-0.4, -0.2) is 77.5 Å². The van der Waals surface area contributed by atoms with Crippen molar-refractivity contribution in [3.63, 3.8) is 0 Å². The van der Waals surface area contributed by atoms with Crippen LogP contribution in [0, 0.1) is 5.92 Å². The summed E-state index contributed by atoms with van der Waals surface area (Å²) >= 11 is 0. The second-order valence-electron chi connectivity index (χ2n) is 7.97. The number of hydroxylamine groups is 2. The van der Waals surface area contributed by atoms with E-state index in [1.807, 2.05) is 25.1 Å². The molecule has 6 rings (SSSR count). The van der Waals surface area contributed by atoms with E-state index in [-0.39, 0.29) is 18.0 Å². The van der Waals surface area contributed by atoms with E-state index in [9.17, 15) is 9.59 Å². The number of nitrogens with zero attached hydrogens (tertiary/aromatic N) is 4. The number of piperidine rings is 3. The Morgan fingerprint density at radius 1 is 1.28 bits per heavy atom. The summed E-state index contributed by atoms with van der Waals surface area (Å²) in [6.07, 6.45) is 2.30. The molecule has 0 unspecified atom stereocenters.